The lowest BCUT2D eigenvalue weighted by Crippen LogP contribution is -2.40. The van der Waals surface area contributed by atoms with Gasteiger partial charge < -0.3 is 24.7 Å². The number of anilines is 1. The Morgan fingerprint density at radius 3 is 2.74 bits per heavy atom. The molecule has 0 radical (unpaired) electrons. The Morgan fingerprint density at radius 2 is 2.00 bits per heavy atom. The molecule has 2 aromatic carbocycles. The van der Waals surface area contributed by atoms with Gasteiger partial charge in [-0.25, -0.2) is 4.79 Å². The number of carbonyl (C=O) groups is 1. The number of pyridine rings is 1. The third kappa shape index (κ3) is 5.29. The summed E-state index contributed by atoms with van der Waals surface area (Å²) >= 11 is 5.75. The number of methoxy groups -OCH3 is 1. The van der Waals surface area contributed by atoms with E-state index in [1.165, 1.54) is 12.7 Å². The first-order chi connectivity index (χ1) is 16.4. The van der Waals surface area contributed by atoms with E-state index >= 15 is 0 Å². The van der Waals surface area contributed by atoms with E-state index in [9.17, 15) is 9.59 Å². The molecule has 1 fully saturated rings. The van der Waals surface area contributed by atoms with Gasteiger partial charge >= 0.3 is 5.97 Å². The van der Waals surface area contributed by atoms with Crippen LogP contribution in [0.2, 0.25) is 0 Å². The molecule has 0 unspecified atom stereocenters. The van der Waals surface area contributed by atoms with E-state index in [2.05, 4.69) is 23.3 Å². The molecule has 34 heavy (non-hydrogen) atoms. The average Bonchev–Trinajstić information content (AvgIpc) is 3.33. The highest BCUT2D eigenvalue weighted by Crippen LogP contribution is 2.21. The summed E-state index contributed by atoms with van der Waals surface area (Å²) in [6.07, 6.45) is 1.96. The van der Waals surface area contributed by atoms with Crippen LogP contribution in [-0.4, -0.2) is 47.3 Å². The maximum absolute atomic E-state index is 12.9. The molecule has 1 saturated heterocycles. The topological polar surface area (TPSA) is 83.7 Å². The first kappa shape index (κ1) is 23.9. The zero-order chi connectivity index (χ0) is 24.2. The Kier molecular flexibility index (Phi) is 7.29. The minimum atomic E-state index is -0.451. The van der Waals surface area contributed by atoms with Gasteiger partial charge in [0.2, 0.25) is 0 Å². The van der Waals surface area contributed by atoms with Gasteiger partial charge in [0.05, 0.1) is 31.0 Å². The molecule has 0 bridgehead atoms. The van der Waals surface area contributed by atoms with Crippen LogP contribution in [-0.2, 0) is 16.0 Å². The molecule has 1 aliphatic rings. The number of hydrogen-bond donors (Lipinski definition) is 2. The van der Waals surface area contributed by atoms with Crippen LogP contribution in [0.5, 0.6) is 0 Å². The first-order valence-corrected chi connectivity index (χ1v) is 11.7. The molecule has 4 rings (SSSR count). The molecule has 0 saturated carbocycles. The molecule has 1 aromatic heterocycles. The standard InChI is InChI=1S/C26H29N3O4S/c1-16-11-18-13-19(24(30)27-23(18)12-17(16)2)14-29(15-20-7-6-10-33-20)26(34)28-22-9-5-4-8-21(22)25(31)32-3/h4-5,8-9,11-13,20H,6-7,10,14-15H2,1-3H3,(H,27,30)(H,28,34)/t20-/m1/s1. The second-order valence-electron chi connectivity index (χ2n) is 8.63. The normalized spacial score (nSPS) is 15.3. The second kappa shape index (κ2) is 10.4. The van der Waals surface area contributed by atoms with Crippen molar-refractivity contribution in [3.05, 3.63) is 75.1 Å². The Morgan fingerprint density at radius 1 is 1.24 bits per heavy atom. The van der Waals surface area contributed by atoms with Crippen molar-refractivity contribution in [3.8, 4) is 0 Å². The summed E-state index contributed by atoms with van der Waals surface area (Å²) in [5.41, 5.74) is 4.51. The van der Waals surface area contributed by atoms with Crippen LogP contribution in [0.3, 0.4) is 0 Å². The molecular formula is C26H29N3O4S. The number of hydrogen-bond acceptors (Lipinski definition) is 5. The van der Waals surface area contributed by atoms with Crippen LogP contribution in [0.1, 0.15) is 39.9 Å². The van der Waals surface area contributed by atoms with Crippen LogP contribution in [0, 0.1) is 13.8 Å². The molecule has 7 nitrogen and oxygen atoms in total. The number of fused-ring (bicyclic) bond motifs is 1. The number of benzene rings is 2. The zero-order valence-electron chi connectivity index (χ0n) is 19.6. The number of aryl methyl sites for hydroxylation is 2. The first-order valence-electron chi connectivity index (χ1n) is 11.3. The van der Waals surface area contributed by atoms with Crippen LogP contribution < -0.4 is 10.9 Å². The lowest BCUT2D eigenvalue weighted by atomic mass is 10.0. The van der Waals surface area contributed by atoms with E-state index < -0.39 is 5.97 Å². The number of carbonyl (C=O) groups excluding carboxylic acids is 1. The number of aromatic amines is 1. The van der Waals surface area contributed by atoms with Gasteiger partial charge in [0.25, 0.3) is 5.56 Å². The van der Waals surface area contributed by atoms with Gasteiger partial charge in [0, 0.05) is 24.2 Å². The van der Waals surface area contributed by atoms with Gasteiger partial charge in [0.1, 0.15) is 0 Å². The molecule has 0 aliphatic carbocycles. The summed E-state index contributed by atoms with van der Waals surface area (Å²) in [6, 6.07) is 13.0. The molecule has 2 N–H and O–H groups in total. The monoisotopic (exact) mass is 479 g/mol. The van der Waals surface area contributed by atoms with E-state index in [-0.39, 0.29) is 11.7 Å². The van der Waals surface area contributed by atoms with E-state index in [1.54, 1.807) is 18.2 Å². The fourth-order valence-electron chi connectivity index (χ4n) is 4.17. The van der Waals surface area contributed by atoms with Crippen molar-refractivity contribution in [3.63, 3.8) is 0 Å². The number of aromatic nitrogens is 1. The summed E-state index contributed by atoms with van der Waals surface area (Å²) in [6.45, 7) is 5.65. The summed E-state index contributed by atoms with van der Waals surface area (Å²) < 4.78 is 10.7. The molecule has 3 aromatic rings. The van der Waals surface area contributed by atoms with Crippen LogP contribution in [0.4, 0.5) is 5.69 Å². The highest BCUT2D eigenvalue weighted by molar-refractivity contribution is 7.80. The van der Waals surface area contributed by atoms with Gasteiger partial charge in [-0.1, -0.05) is 12.1 Å². The van der Waals surface area contributed by atoms with E-state index in [0.29, 0.717) is 35.0 Å². The largest absolute Gasteiger partial charge is 0.465 e. The second-order valence-corrected chi connectivity index (χ2v) is 9.02. The Hall–Kier alpha value is -3.23. The van der Waals surface area contributed by atoms with E-state index in [4.69, 9.17) is 21.7 Å². The number of esters is 1. The number of H-pyrrole nitrogens is 1. The molecule has 178 valence electrons. The SMILES string of the molecule is COC(=O)c1ccccc1NC(=S)N(Cc1cc2cc(C)c(C)cc2[nH]c1=O)C[C@H]1CCCO1. The predicted molar refractivity (Wildman–Crippen MR) is 137 cm³/mol. The minimum absolute atomic E-state index is 0.0278. The van der Waals surface area contributed by atoms with Crippen molar-refractivity contribution in [1.82, 2.24) is 9.88 Å². The minimum Gasteiger partial charge on any atom is -0.465 e. The van der Waals surface area contributed by atoms with Crippen LogP contribution >= 0.6 is 12.2 Å². The number of nitrogens with one attached hydrogen (secondary N) is 2. The maximum atomic E-state index is 12.9. The number of nitrogens with zero attached hydrogens (tertiary/aromatic N) is 1. The van der Waals surface area contributed by atoms with Crippen molar-refractivity contribution in [2.75, 3.05) is 25.6 Å². The molecule has 8 heteroatoms. The predicted octanol–water partition coefficient (Wildman–Crippen LogP) is 4.31. The molecule has 2 heterocycles. The highest BCUT2D eigenvalue weighted by Gasteiger charge is 2.23. The molecule has 0 spiro atoms. The summed E-state index contributed by atoms with van der Waals surface area (Å²) in [4.78, 5) is 30.1. The molecule has 0 amide bonds. The van der Waals surface area contributed by atoms with Gasteiger partial charge in [-0.2, -0.15) is 0 Å². The maximum Gasteiger partial charge on any atom is 0.339 e. The van der Waals surface area contributed by atoms with E-state index in [0.717, 1.165) is 35.9 Å². The summed E-state index contributed by atoms with van der Waals surface area (Å²) in [5.74, 6) is -0.451. The third-order valence-electron chi connectivity index (χ3n) is 6.21. The quantitative estimate of drug-likeness (QED) is 0.403. The van der Waals surface area contributed by atoms with Crippen molar-refractivity contribution in [2.24, 2.45) is 0 Å². The van der Waals surface area contributed by atoms with Crippen molar-refractivity contribution < 1.29 is 14.3 Å². The highest BCUT2D eigenvalue weighted by atomic mass is 32.1. The number of rotatable bonds is 6. The Bertz CT molecular complexity index is 1280. The van der Waals surface area contributed by atoms with Gasteiger partial charge in [-0.15, -0.1) is 0 Å². The third-order valence-corrected chi connectivity index (χ3v) is 6.57. The lowest BCUT2D eigenvalue weighted by molar-refractivity contribution is 0.0602. The van der Waals surface area contributed by atoms with Gasteiger partial charge in [-0.3, -0.25) is 4.79 Å². The number of thiocarbonyl (C=S) groups is 1. The van der Waals surface area contributed by atoms with Gasteiger partial charge in [0.15, 0.2) is 5.11 Å². The number of ether oxygens (including phenoxy) is 2. The Balaban J connectivity index is 1.64. The lowest BCUT2D eigenvalue weighted by Gasteiger charge is -2.28. The summed E-state index contributed by atoms with van der Waals surface area (Å²) in [7, 11) is 1.34. The Labute approximate surface area is 204 Å². The smallest absolute Gasteiger partial charge is 0.339 e. The zero-order valence-corrected chi connectivity index (χ0v) is 20.5. The summed E-state index contributed by atoms with van der Waals surface area (Å²) in [5, 5.41) is 4.57. The van der Waals surface area contributed by atoms with E-state index in [1.807, 2.05) is 30.0 Å². The molecule has 1 atom stereocenters. The van der Waals surface area contributed by atoms with Crippen LogP contribution in [0.15, 0.2) is 47.3 Å². The van der Waals surface area contributed by atoms with Crippen molar-refractivity contribution in [1.29, 1.82) is 0 Å². The van der Waals surface area contributed by atoms with Crippen molar-refractivity contribution >= 4 is 39.9 Å². The fourth-order valence-corrected chi connectivity index (χ4v) is 4.42. The van der Waals surface area contributed by atoms with Crippen molar-refractivity contribution in [2.45, 2.75) is 39.3 Å². The van der Waals surface area contributed by atoms with Gasteiger partial charge in [-0.05, 0) is 85.8 Å². The number of para-hydroxylation sites is 1. The average molecular weight is 480 g/mol. The van der Waals surface area contributed by atoms with Crippen LogP contribution in [0.25, 0.3) is 10.9 Å². The fraction of sp³-hybridized carbons (Fsp3) is 0.346. The molecule has 1 aliphatic heterocycles. The molecular weight excluding hydrogens is 450 g/mol.